The van der Waals surface area contributed by atoms with E-state index in [0.29, 0.717) is 0 Å². The summed E-state index contributed by atoms with van der Waals surface area (Å²) in [5.41, 5.74) is 1.48. The van der Waals surface area contributed by atoms with E-state index in [2.05, 4.69) is 59.4 Å². The number of benzene rings is 1. The number of halogens is 1. The lowest BCUT2D eigenvalue weighted by Gasteiger charge is -2.35. The molecule has 1 aliphatic carbocycles. The molecule has 0 aliphatic heterocycles. The molecule has 3 unspecified atom stereocenters. The maximum absolute atomic E-state index is 3.70. The summed E-state index contributed by atoms with van der Waals surface area (Å²) in [7, 11) is 0. The highest BCUT2D eigenvalue weighted by molar-refractivity contribution is 9.10. The summed E-state index contributed by atoms with van der Waals surface area (Å²) >= 11 is 3.70. The summed E-state index contributed by atoms with van der Waals surface area (Å²) < 4.78 is 1.27. The maximum Gasteiger partial charge on any atom is 0.0207 e. The summed E-state index contributed by atoms with van der Waals surface area (Å²) in [5, 5.41) is 3.55. The Bertz CT molecular complexity index is 389. The molecule has 19 heavy (non-hydrogen) atoms. The van der Waals surface area contributed by atoms with Crippen LogP contribution in [-0.2, 0) is 6.42 Å². The Kier molecular flexibility index (Phi) is 5.90. The zero-order valence-electron chi connectivity index (χ0n) is 12.2. The fourth-order valence-electron chi connectivity index (χ4n) is 3.36. The van der Waals surface area contributed by atoms with Crippen LogP contribution in [0.5, 0.6) is 0 Å². The van der Waals surface area contributed by atoms with Gasteiger partial charge in [-0.2, -0.15) is 0 Å². The van der Waals surface area contributed by atoms with Gasteiger partial charge in [-0.1, -0.05) is 54.4 Å². The fraction of sp³-hybridized carbons (Fsp3) is 0.647. The molecular formula is C17H26BrN. The van der Waals surface area contributed by atoms with Crippen LogP contribution in [0.1, 0.15) is 38.7 Å². The van der Waals surface area contributed by atoms with E-state index in [0.717, 1.165) is 24.3 Å². The number of hydrogen-bond acceptors (Lipinski definition) is 1. The highest BCUT2D eigenvalue weighted by atomic mass is 79.9. The van der Waals surface area contributed by atoms with Crippen LogP contribution in [-0.4, -0.2) is 13.1 Å². The van der Waals surface area contributed by atoms with Gasteiger partial charge in [-0.3, -0.25) is 0 Å². The van der Waals surface area contributed by atoms with Crippen LogP contribution in [0.25, 0.3) is 0 Å². The molecular weight excluding hydrogens is 298 g/mol. The van der Waals surface area contributed by atoms with E-state index in [4.69, 9.17) is 0 Å². The van der Waals surface area contributed by atoms with Gasteiger partial charge in [-0.15, -0.1) is 0 Å². The SMILES string of the molecule is CCNCC1CCC(C)CC1Cc1ccccc1Br. The first kappa shape index (κ1) is 15.1. The highest BCUT2D eigenvalue weighted by Gasteiger charge is 2.28. The molecule has 1 aliphatic rings. The molecule has 106 valence electrons. The Morgan fingerprint density at radius 2 is 2.00 bits per heavy atom. The van der Waals surface area contributed by atoms with Crippen LogP contribution in [0.4, 0.5) is 0 Å². The van der Waals surface area contributed by atoms with E-state index < -0.39 is 0 Å². The third kappa shape index (κ3) is 4.32. The molecule has 2 rings (SSSR count). The van der Waals surface area contributed by atoms with Crippen molar-refractivity contribution >= 4 is 15.9 Å². The summed E-state index contributed by atoms with van der Waals surface area (Å²) in [4.78, 5) is 0. The Labute approximate surface area is 126 Å². The monoisotopic (exact) mass is 323 g/mol. The molecule has 1 nitrogen and oxygen atoms in total. The van der Waals surface area contributed by atoms with Gasteiger partial charge in [0.2, 0.25) is 0 Å². The number of rotatable bonds is 5. The molecule has 1 aromatic rings. The van der Waals surface area contributed by atoms with Gasteiger partial charge in [0.25, 0.3) is 0 Å². The predicted octanol–water partition coefficient (Wildman–Crippen LogP) is 4.65. The van der Waals surface area contributed by atoms with E-state index in [-0.39, 0.29) is 0 Å². The first-order valence-electron chi connectivity index (χ1n) is 7.64. The van der Waals surface area contributed by atoms with Gasteiger partial charge in [-0.05, 0) is 61.7 Å². The summed E-state index contributed by atoms with van der Waals surface area (Å²) in [6.07, 6.45) is 5.41. The van der Waals surface area contributed by atoms with Crippen LogP contribution in [0.2, 0.25) is 0 Å². The van der Waals surface area contributed by atoms with Gasteiger partial charge < -0.3 is 5.32 Å². The second-order valence-electron chi connectivity index (χ2n) is 6.04. The van der Waals surface area contributed by atoms with Crippen LogP contribution in [0.3, 0.4) is 0 Å². The molecule has 0 heterocycles. The van der Waals surface area contributed by atoms with Gasteiger partial charge in [-0.25, -0.2) is 0 Å². The maximum atomic E-state index is 3.70. The molecule has 0 saturated heterocycles. The lowest BCUT2D eigenvalue weighted by Crippen LogP contribution is -2.33. The Morgan fingerprint density at radius 3 is 2.74 bits per heavy atom. The van der Waals surface area contributed by atoms with Crippen molar-refractivity contribution in [3.05, 3.63) is 34.3 Å². The van der Waals surface area contributed by atoms with Crippen molar-refractivity contribution in [3.8, 4) is 0 Å². The third-order valence-electron chi connectivity index (χ3n) is 4.50. The lowest BCUT2D eigenvalue weighted by molar-refractivity contribution is 0.184. The topological polar surface area (TPSA) is 12.0 Å². The van der Waals surface area contributed by atoms with Gasteiger partial charge in [0.1, 0.15) is 0 Å². The third-order valence-corrected chi connectivity index (χ3v) is 5.27. The van der Waals surface area contributed by atoms with Gasteiger partial charge in [0.15, 0.2) is 0 Å². The van der Waals surface area contributed by atoms with Crippen LogP contribution in [0.15, 0.2) is 28.7 Å². The van der Waals surface area contributed by atoms with Gasteiger partial charge in [0, 0.05) is 4.47 Å². The van der Waals surface area contributed by atoms with E-state index >= 15 is 0 Å². The largest absolute Gasteiger partial charge is 0.317 e. The van der Waals surface area contributed by atoms with Crippen LogP contribution >= 0.6 is 15.9 Å². The molecule has 0 radical (unpaired) electrons. The van der Waals surface area contributed by atoms with E-state index in [9.17, 15) is 0 Å². The minimum Gasteiger partial charge on any atom is -0.317 e. The highest BCUT2D eigenvalue weighted by Crippen LogP contribution is 2.36. The van der Waals surface area contributed by atoms with Crippen molar-refractivity contribution in [1.29, 1.82) is 0 Å². The smallest absolute Gasteiger partial charge is 0.0207 e. The van der Waals surface area contributed by atoms with Gasteiger partial charge in [0.05, 0.1) is 0 Å². The minimum atomic E-state index is 0.835. The van der Waals surface area contributed by atoms with Crippen molar-refractivity contribution in [3.63, 3.8) is 0 Å². The average Bonchev–Trinajstić information content (AvgIpc) is 2.40. The van der Waals surface area contributed by atoms with E-state index in [1.165, 1.54) is 42.3 Å². The predicted molar refractivity (Wildman–Crippen MR) is 86.4 cm³/mol. The van der Waals surface area contributed by atoms with Crippen molar-refractivity contribution in [2.75, 3.05) is 13.1 Å². The summed E-state index contributed by atoms with van der Waals surface area (Å²) in [5.74, 6) is 2.58. The van der Waals surface area contributed by atoms with Crippen molar-refractivity contribution < 1.29 is 0 Å². The van der Waals surface area contributed by atoms with Gasteiger partial charge >= 0.3 is 0 Å². The minimum absolute atomic E-state index is 0.835. The Hall–Kier alpha value is -0.340. The van der Waals surface area contributed by atoms with Crippen molar-refractivity contribution in [2.45, 2.75) is 39.5 Å². The number of hydrogen-bond donors (Lipinski definition) is 1. The van der Waals surface area contributed by atoms with Crippen molar-refractivity contribution in [2.24, 2.45) is 17.8 Å². The number of nitrogens with one attached hydrogen (secondary N) is 1. The average molecular weight is 324 g/mol. The standard InChI is InChI=1S/C17H26BrN/c1-3-19-12-15-9-8-13(2)10-16(15)11-14-6-4-5-7-17(14)18/h4-7,13,15-16,19H,3,8-12H2,1-2H3. The lowest BCUT2D eigenvalue weighted by atomic mass is 9.72. The summed E-state index contributed by atoms with van der Waals surface area (Å²) in [6, 6.07) is 8.70. The molecule has 1 fully saturated rings. The summed E-state index contributed by atoms with van der Waals surface area (Å²) in [6.45, 7) is 6.90. The quantitative estimate of drug-likeness (QED) is 0.831. The van der Waals surface area contributed by atoms with E-state index in [1.54, 1.807) is 0 Å². The Morgan fingerprint density at radius 1 is 1.21 bits per heavy atom. The second kappa shape index (κ2) is 7.44. The molecule has 3 atom stereocenters. The van der Waals surface area contributed by atoms with E-state index in [1.807, 2.05) is 0 Å². The first-order valence-corrected chi connectivity index (χ1v) is 8.44. The normalized spacial score (nSPS) is 27.4. The fourth-order valence-corrected chi connectivity index (χ4v) is 3.80. The molecule has 0 amide bonds. The zero-order valence-corrected chi connectivity index (χ0v) is 13.7. The zero-order chi connectivity index (χ0) is 13.7. The van der Waals surface area contributed by atoms with Crippen molar-refractivity contribution in [1.82, 2.24) is 5.32 Å². The molecule has 0 aromatic heterocycles. The first-order chi connectivity index (χ1) is 9.20. The Balaban J connectivity index is 2.03. The van der Waals surface area contributed by atoms with Crippen LogP contribution in [0, 0.1) is 17.8 Å². The molecule has 1 aromatic carbocycles. The molecule has 2 heteroatoms. The molecule has 1 saturated carbocycles. The molecule has 0 spiro atoms. The second-order valence-corrected chi connectivity index (χ2v) is 6.90. The molecule has 1 N–H and O–H groups in total. The molecule has 0 bridgehead atoms. The van der Waals surface area contributed by atoms with Crippen LogP contribution < -0.4 is 5.32 Å².